The molecule has 1 fully saturated rings. The van der Waals surface area contributed by atoms with E-state index in [0.29, 0.717) is 0 Å². The lowest BCUT2D eigenvalue weighted by Gasteiger charge is -2.36. The summed E-state index contributed by atoms with van der Waals surface area (Å²) in [5, 5.41) is 0. The Hall–Kier alpha value is -0.860. The van der Waals surface area contributed by atoms with E-state index in [1.807, 2.05) is 0 Å². The molecule has 94 valence electrons. The molecule has 1 aliphatic heterocycles. The van der Waals surface area contributed by atoms with E-state index in [1.54, 1.807) is 0 Å². The first kappa shape index (κ1) is 12.6. The van der Waals surface area contributed by atoms with Crippen LogP contribution in [0.1, 0.15) is 24.0 Å². The molecule has 1 aliphatic rings. The molecule has 1 aromatic rings. The zero-order chi connectivity index (χ0) is 12.3. The van der Waals surface area contributed by atoms with E-state index in [1.165, 1.54) is 37.1 Å². The molecule has 0 amide bonds. The van der Waals surface area contributed by atoms with Crippen LogP contribution in [0.15, 0.2) is 24.3 Å². The molecule has 1 atom stereocenters. The van der Waals surface area contributed by atoms with Crippen molar-refractivity contribution in [3.63, 3.8) is 0 Å². The number of benzene rings is 1. The van der Waals surface area contributed by atoms with Crippen LogP contribution in [-0.4, -0.2) is 43.0 Å². The fourth-order valence-electron chi connectivity index (χ4n) is 2.55. The number of rotatable bonds is 3. The first-order valence-corrected chi connectivity index (χ1v) is 6.59. The SMILES string of the molecule is Cc1ccc(CN2CCCC(N(C)C)C2)cc1. The zero-order valence-electron chi connectivity index (χ0n) is 11.3. The standard InChI is InChI=1S/C15H24N2/c1-13-6-8-14(9-7-13)11-17-10-4-5-15(12-17)16(2)3/h6-9,15H,4-5,10-12H2,1-3H3. The molecular weight excluding hydrogens is 208 g/mol. The molecule has 2 heteroatoms. The van der Waals surface area contributed by atoms with Crippen molar-refractivity contribution in [3.05, 3.63) is 35.4 Å². The summed E-state index contributed by atoms with van der Waals surface area (Å²) in [5.41, 5.74) is 2.79. The fourth-order valence-corrected chi connectivity index (χ4v) is 2.55. The normalized spacial score (nSPS) is 22.0. The van der Waals surface area contributed by atoms with Gasteiger partial charge in [0, 0.05) is 19.1 Å². The summed E-state index contributed by atoms with van der Waals surface area (Å²) in [7, 11) is 4.39. The molecule has 1 heterocycles. The molecule has 0 bridgehead atoms. The number of likely N-dealkylation sites (N-methyl/N-ethyl adjacent to an activating group) is 1. The van der Waals surface area contributed by atoms with Gasteiger partial charge >= 0.3 is 0 Å². The third-order valence-electron chi connectivity index (χ3n) is 3.74. The lowest BCUT2D eigenvalue weighted by Crippen LogP contribution is -2.44. The monoisotopic (exact) mass is 232 g/mol. The Morgan fingerprint density at radius 2 is 1.94 bits per heavy atom. The Morgan fingerprint density at radius 1 is 1.24 bits per heavy atom. The predicted molar refractivity (Wildman–Crippen MR) is 73.2 cm³/mol. The van der Waals surface area contributed by atoms with Crippen molar-refractivity contribution in [2.45, 2.75) is 32.4 Å². The number of aryl methyl sites for hydroxylation is 1. The minimum atomic E-state index is 0.731. The summed E-state index contributed by atoms with van der Waals surface area (Å²) in [5.74, 6) is 0. The van der Waals surface area contributed by atoms with Gasteiger partial charge in [0.2, 0.25) is 0 Å². The Bertz CT molecular complexity index is 342. The van der Waals surface area contributed by atoms with E-state index in [0.717, 1.165) is 12.6 Å². The van der Waals surface area contributed by atoms with Gasteiger partial charge in [-0.2, -0.15) is 0 Å². The van der Waals surface area contributed by atoms with Crippen LogP contribution in [-0.2, 0) is 6.54 Å². The van der Waals surface area contributed by atoms with Gasteiger partial charge in [0.05, 0.1) is 0 Å². The van der Waals surface area contributed by atoms with E-state index < -0.39 is 0 Å². The van der Waals surface area contributed by atoms with Crippen molar-refractivity contribution in [1.29, 1.82) is 0 Å². The number of hydrogen-bond acceptors (Lipinski definition) is 2. The van der Waals surface area contributed by atoms with E-state index >= 15 is 0 Å². The molecule has 2 nitrogen and oxygen atoms in total. The number of piperidine rings is 1. The van der Waals surface area contributed by atoms with Gasteiger partial charge in [-0.1, -0.05) is 29.8 Å². The van der Waals surface area contributed by atoms with Crippen molar-refractivity contribution in [2.24, 2.45) is 0 Å². The summed E-state index contributed by atoms with van der Waals surface area (Å²) in [6.45, 7) is 5.70. The molecular formula is C15H24N2. The van der Waals surface area contributed by atoms with Crippen molar-refractivity contribution < 1.29 is 0 Å². The van der Waals surface area contributed by atoms with Gasteiger partial charge in [0.15, 0.2) is 0 Å². The quantitative estimate of drug-likeness (QED) is 0.790. The largest absolute Gasteiger partial charge is 0.305 e. The van der Waals surface area contributed by atoms with Crippen LogP contribution in [0.4, 0.5) is 0 Å². The highest BCUT2D eigenvalue weighted by molar-refractivity contribution is 5.21. The van der Waals surface area contributed by atoms with Crippen LogP contribution in [0, 0.1) is 6.92 Å². The van der Waals surface area contributed by atoms with E-state index in [4.69, 9.17) is 0 Å². The second-order valence-electron chi connectivity index (χ2n) is 5.48. The van der Waals surface area contributed by atoms with Crippen molar-refractivity contribution in [2.75, 3.05) is 27.2 Å². The Balaban J connectivity index is 1.92. The number of likely N-dealkylation sites (tertiary alicyclic amines) is 1. The summed E-state index contributed by atoms with van der Waals surface area (Å²) in [6, 6.07) is 9.67. The molecule has 17 heavy (non-hydrogen) atoms. The molecule has 0 aromatic heterocycles. The third kappa shape index (κ3) is 3.55. The molecule has 0 spiro atoms. The molecule has 1 saturated heterocycles. The highest BCUT2D eigenvalue weighted by atomic mass is 15.2. The molecule has 1 aromatic carbocycles. The van der Waals surface area contributed by atoms with Gasteiger partial charge < -0.3 is 4.90 Å². The Kier molecular flexibility index (Phi) is 4.19. The second-order valence-corrected chi connectivity index (χ2v) is 5.48. The van der Waals surface area contributed by atoms with Crippen molar-refractivity contribution in [1.82, 2.24) is 9.80 Å². The molecule has 0 aliphatic carbocycles. The van der Waals surface area contributed by atoms with Crippen molar-refractivity contribution in [3.8, 4) is 0 Å². The van der Waals surface area contributed by atoms with Gasteiger partial charge in [-0.15, -0.1) is 0 Å². The first-order valence-electron chi connectivity index (χ1n) is 6.59. The van der Waals surface area contributed by atoms with Gasteiger partial charge in [0.1, 0.15) is 0 Å². The van der Waals surface area contributed by atoms with Crippen LogP contribution in [0.5, 0.6) is 0 Å². The average Bonchev–Trinajstić information content (AvgIpc) is 2.32. The van der Waals surface area contributed by atoms with Crippen LogP contribution in [0.3, 0.4) is 0 Å². The zero-order valence-corrected chi connectivity index (χ0v) is 11.3. The topological polar surface area (TPSA) is 6.48 Å². The summed E-state index contributed by atoms with van der Waals surface area (Å²) >= 11 is 0. The maximum absolute atomic E-state index is 2.58. The minimum absolute atomic E-state index is 0.731. The Morgan fingerprint density at radius 3 is 2.59 bits per heavy atom. The van der Waals surface area contributed by atoms with Crippen molar-refractivity contribution >= 4 is 0 Å². The highest BCUT2D eigenvalue weighted by Crippen LogP contribution is 2.16. The van der Waals surface area contributed by atoms with Gasteiger partial charge in [-0.3, -0.25) is 4.90 Å². The smallest absolute Gasteiger partial charge is 0.0234 e. The lowest BCUT2D eigenvalue weighted by molar-refractivity contribution is 0.128. The molecule has 0 N–H and O–H groups in total. The molecule has 0 saturated carbocycles. The van der Waals surface area contributed by atoms with Gasteiger partial charge in [-0.05, 0) is 46.0 Å². The summed E-state index contributed by atoms with van der Waals surface area (Å²) < 4.78 is 0. The summed E-state index contributed by atoms with van der Waals surface area (Å²) in [4.78, 5) is 4.94. The second kappa shape index (κ2) is 5.65. The number of hydrogen-bond donors (Lipinski definition) is 0. The molecule has 0 radical (unpaired) electrons. The highest BCUT2D eigenvalue weighted by Gasteiger charge is 2.20. The van der Waals surface area contributed by atoms with Crippen LogP contribution >= 0.6 is 0 Å². The van der Waals surface area contributed by atoms with E-state index in [9.17, 15) is 0 Å². The van der Waals surface area contributed by atoms with Gasteiger partial charge in [0.25, 0.3) is 0 Å². The van der Waals surface area contributed by atoms with Crippen LogP contribution in [0.25, 0.3) is 0 Å². The molecule has 2 rings (SSSR count). The van der Waals surface area contributed by atoms with Crippen LogP contribution < -0.4 is 0 Å². The van der Waals surface area contributed by atoms with E-state index in [2.05, 4.69) is 55.1 Å². The predicted octanol–water partition coefficient (Wildman–Crippen LogP) is 2.52. The maximum Gasteiger partial charge on any atom is 0.0234 e. The minimum Gasteiger partial charge on any atom is -0.305 e. The first-order chi connectivity index (χ1) is 8.15. The van der Waals surface area contributed by atoms with Crippen LogP contribution in [0.2, 0.25) is 0 Å². The Labute approximate surface area is 105 Å². The lowest BCUT2D eigenvalue weighted by atomic mass is 10.0. The van der Waals surface area contributed by atoms with E-state index in [-0.39, 0.29) is 0 Å². The average molecular weight is 232 g/mol. The fraction of sp³-hybridized carbons (Fsp3) is 0.600. The third-order valence-corrected chi connectivity index (χ3v) is 3.74. The molecule has 1 unspecified atom stereocenters. The maximum atomic E-state index is 2.58. The summed E-state index contributed by atoms with van der Waals surface area (Å²) in [6.07, 6.45) is 2.67. The van der Waals surface area contributed by atoms with Gasteiger partial charge in [-0.25, -0.2) is 0 Å². The number of nitrogens with zero attached hydrogens (tertiary/aromatic N) is 2.